The summed E-state index contributed by atoms with van der Waals surface area (Å²) in [4.78, 5) is 63.6. The van der Waals surface area contributed by atoms with Crippen molar-refractivity contribution in [3.8, 4) is 49.4 Å². The van der Waals surface area contributed by atoms with Gasteiger partial charge in [-0.3, -0.25) is 24.0 Å². The van der Waals surface area contributed by atoms with Crippen molar-refractivity contribution in [3.63, 3.8) is 0 Å². The number of nitrogens with two attached hydrogens (primary N) is 2. The van der Waals surface area contributed by atoms with Crippen molar-refractivity contribution in [3.05, 3.63) is 20.9 Å². The zero-order valence-electron chi connectivity index (χ0n) is 55.7. The highest BCUT2D eigenvalue weighted by atomic mass is 35.5. The van der Waals surface area contributed by atoms with Crippen molar-refractivity contribution < 1.29 is 110 Å². The molecular formula is C60H107ClN10O23. The molecule has 2 atom stereocenters. The maximum absolute atomic E-state index is 12.4. The molecule has 0 aliphatic carbocycles. The lowest BCUT2D eigenvalue weighted by Gasteiger charge is -2.22. The topological polar surface area (TPSA) is 436 Å². The summed E-state index contributed by atoms with van der Waals surface area (Å²) >= 11 is 0. The molecular weight excluding hydrogens is 1260 g/mol. The van der Waals surface area contributed by atoms with E-state index in [1.165, 1.54) is 14.2 Å². The van der Waals surface area contributed by atoms with Gasteiger partial charge in [0.25, 0.3) is 0 Å². The Morgan fingerprint density at radius 3 is 1.11 bits per heavy atom. The summed E-state index contributed by atoms with van der Waals surface area (Å²) in [7, 11) is 2.57. The van der Waals surface area contributed by atoms with Gasteiger partial charge in [0.2, 0.25) is 11.8 Å². The number of rotatable bonds is 57. The summed E-state index contributed by atoms with van der Waals surface area (Å²) in [5.74, 6) is 6.78. The number of methoxy groups -OCH3 is 2. The van der Waals surface area contributed by atoms with E-state index in [0.717, 1.165) is 0 Å². The number of halogens is 1. The molecule has 0 aliphatic rings. The van der Waals surface area contributed by atoms with E-state index in [-0.39, 0.29) is 88.7 Å². The standard InChI is InChI=1S/C21H35NO8.C15H26N2O6.C9H15N3O3.C9H17NO3.C6H13N3O3.ClH/c1-6-10-27-12-14-29-15-13-28-11-9-22-20(25)17(7-8-18(23)26-5)16-19(24)30-21(2,3)4;1-3-7-21-9-11-23-12-10-22-8-6-17-15(19)13(16)4-5-14(18)20-2;1-2-4-13-6-8-15-9-7-14-5-3-11-12-10;1-2-4-11-6-8-13-9-7-12-5-3-10;7-9-8-1-3-11-5-6-12-4-2-10;/h1,17H,7-16H2,2-5H3,(H,22,25);1,13H,4-12,16H2,2H3,(H,17,19);1H,3-9H2;1H,3-10H2;10H,1-6H2;1H/t17-;13-;;;;/m01..../s1. The molecule has 0 aromatic rings. The number of esters is 3. The molecule has 0 radical (unpaired) electrons. The van der Waals surface area contributed by atoms with E-state index >= 15 is 0 Å². The monoisotopic (exact) mass is 1370 g/mol. The van der Waals surface area contributed by atoms with Crippen LogP contribution in [0.1, 0.15) is 52.9 Å². The van der Waals surface area contributed by atoms with Crippen molar-refractivity contribution >= 4 is 42.1 Å². The van der Waals surface area contributed by atoms with Gasteiger partial charge in [0.15, 0.2) is 0 Å². The van der Waals surface area contributed by atoms with E-state index in [1.807, 2.05) is 0 Å². The Balaban J connectivity index is -0.000000269. The first-order chi connectivity index (χ1) is 45.0. The fourth-order valence-electron chi connectivity index (χ4n) is 5.63. The Labute approximate surface area is 561 Å². The Morgan fingerprint density at radius 2 is 0.787 bits per heavy atom. The summed E-state index contributed by atoms with van der Waals surface area (Å²) in [6.45, 7) is 19.2. The lowest BCUT2D eigenvalue weighted by molar-refractivity contribution is -0.158. The molecule has 0 unspecified atom stereocenters. The van der Waals surface area contributed by atoms with Crippen LogP contribution in [0.4, 0.5) is 0 Å². The fourth-order valence-corrected chi connectivity index (χ4v) is 5.63. The number of aliphatic hydroxyl groups is 1. The summed E-state index contributed by atoms with van der Waals surface area (Å²) in [5, 5.41) is 20.3. The Morgan fingerprint density at radius 1 is 0.479 bits per heavy atom. The average molecular weight is 1370 g/mol. The number of terminal acetylenes is 4. The van der Waals surface area contributed by atoms with Gasteiger partial charge in [-0.25, -0.2) is 0 Å². The van der Waals surface area contributed by atoms with Crippen LogP contribution in [-0.4, -0.2) is 285 Å². The SMILES string of the molecule is C#CCOCCOCCOCCN.C#CCOCCOCCOCCN=[N+]=[N-].C#CCOCCOCCOCCNC(=O)[C@@H](CCC(=O)OC)CC(=O)OC(C)(C)C.C#CCOCCOCCOCCNC(=O)[C@H](N)CCC(=O)OC.Cl.[N-]=[N+]=NCCOCCOCCO. The molecule has 2 amide bonds. The molecule has 0 spiro atoms. The second-order valence-corrected chi connectivity index (χ2v) is 18.5. The van der Waals surface area contributed by atoms with Crippen molar-refractivity contribution in [1.29, 1.82) is 0 Å². The number of carbonyl (C=O) groups excluding carboxylic acids is 5. The second kappa shape index (κ2) is 84.8. The van der Waals surface area contributed by atoms with Gasteiger partial charge in [0, 0.05) is 61.3 Å². The number of aliphatic hydroxyl groups excluding tert-OH is 1. The third-order valence-electron chi connectivity index (χ3n) is 9.83. The van der Waals surface area contributed by atoms with Crippen molar-refractivity contribution in [2.75, 3.05) is 239 Å². The molecule has 0 aromatic carbocycles. The third-order valence-corrected chi connectivity index (χ3v) is 9.83. The molecule has 7 N–H and O–H groups in total. The first-order valence-corrected chi connectivity index (χ1v) is 29.9. The molecule has 0 heterocycles. The van der Waals surface area contributed by atoms with Crippen LogP contribution in [0.2, 0.25) is 0 Å². The van der Waals surface area contributed by atoms with E-state index in [0.29, 0.717) is 198 Å². The highest BCUT2D eigenvalue weighted by Crippen LogP contribution is 2.17. The average Bonchev–Trinajstić information content (AvgIpc) is 1.13. The van der Waals surface area contributed by atoms with Gasteiger partial charge < -0.3 is 108 Å². The van der Waals surface area contributed by atoms with Crippen LogP contribution >= 0.6 is 12.4 Å². The predicted molar refractivity (Wildman–Crippen MR) is 349 cm³/mol. The molecule has 0 rings (SSSR count). The van der Waals surface area contributed by atoms with Crippen LogP contribution < -0.4 is 22.1 Å². The van der Waals surface area contributed by atoms with Gasteiger partial charge in [-0.1, -0.05) is 33.9 Å². The predicted octanol–water partition coefficient (Wildman–Crippen LogP) is 1.50. The van der Waals surface area contributed by atoms with Crippen molar-refractivity contribution in [1.82, 2.24) is 10.6 Å². The molecule has 0 bridgehead atoms. The molecule has 0 saturated heterocycles. The molecule has 0 fully saturated rings. The van der Waals surface area contributed by atoms with E-state index in [9.17, 15) is 24.0 Å². The molecule has 0 aromatic heterocycles. The molecule has 0 saturated carbocycles. The fraction of sp³-hybridized carbons (Fsp3) is 0.783. The number of carbonyl (C=O) groups is 5. The smallest absolute Gasteiger partial charge is 0.307 e. The first-order valence-electron chi connectivity index (χ1n) is 29.9. The van der Waals surface area contributed by atoms with Crippen LogP contribution in [-0.2, 0) is 104 Å². The second-order valence-electron chi connectivity index (χ2n) is 18.5. The van der Waals surface area contributed by atoms with Crippen LogP contribution in [0, 0.1) is 55.3 Å². The highest BCUT2D eigenvalue weighted by molar-refractivity contribution is 5.85. The van der Waals surface area contributed by atoms with E-state index in [1.54, 1.807) is 20.8 Å². The highest BCUT2D eigenvalue weighted by Gasteiger charge is 2.26. The van der Waals surface area contributed by atoms with Crippen molar-refractivity contribution in [2.24, 2.45) is 27.6 Å². The summed E-state index contributed by atoms with van der Waals surface area (Å²) in [6.07, 6.45) is 20.5. The molecule has 34 heteroatoms. The van der Waals surface area contributed by atoms with E-state index in [4.69, 9.17) is 124 Å². The Kier molecular flexibility index (Phi) is 89.2. The lowest BCUT2D eigenvalue weighted by Crippen LogP contribution is -2.42. The summed E-state index contributed by atoms with van der Waals surface area (Å²) < 4.78 is 86.0. The Hall–Kier alpha value is -6.18. The minimum Gasteiger partial charge on any atom is -0.469 e. The van der Waals surface area contributed by atoms with Crippen LogP contribution in [0.3, 0.4) is 0 Å². The van der Waals surface area contributed by atoms with E-state index in [2.05, 4.69) is 63.8 Å². The van der Waals surface area contributed by atoms with Gasteiger partial charge in [0.1, 0.15) is 32.0 Å². The summed E-state index contributed by atoms with van der Waals surface area (Å²) in [5.41, 5.74) is 26.1. The third kappa shape index (κ3) is 92.2. The maximum atomic E-state index is 12.4. The van der Waals surface area contributed by atoms with Gasteiger partial charge in [-0.2, -0.15) is 0 Å². The molecule has 94 heavy (non-hydrogen) atoms. The van der Waals surface area contributed by atoms with Gasteiger partial charge in [0.05, 0.1) is 192 Å². The first kappa shape index (κ1) is 98.9. The van der Waals surface area contributed by atoms with Gasteiger partial charge in [-0.05, 0) is 44.7 Å². The number of nitrogens with zero attached hydrogens (tertiary/aromatic N) is 6. The van der Waals surface area contributed by atoms with Gasteiger partial charge >= 0.3 is 17.9 Å². The zero-order chi connectivity index (χ0) is 70.2. The normalized spacial score (nSPS) is 10.7. The quantitative estimate of drug-likeness (QED) is 0.0110. The van der Waals surface area contributed by atoms with E-state index < -0.39 is 29.5 Å². The Bertz CT molecular complexity index is 2030. The molecule has 33 nitrogen and oxygen atoms in total. The zero-order valence-corrected chi connectivity index (χ0v) is 56.5. The molecule has 542 valence electrons. The summed E-state index contributed by atoms with van der Waals surface area (Å²) in [6, 6.07) is -0.736. The minimum absolute atomic E-state index is 0. The number of amides is 2. The largest absolute Gasteiger partial charge is 0.469 e. The van der Waals surface area contributed by atoms with Crippen LogP contribution in [0.15, 0.2) is 10.2 Å². The number of hydrogen-bond acceptors (Lipinski definition) is 27. The molecule has 0 aliphatic heterocycles. The number of hydrogen-bond donors (Lipinski definition) is 5. The van der Waals surface area contributed by atoms with Crippen molar-refractivity contribution in [2.45, 2.75) is 64.5 Å². The number of ether oxygens (including phenoxy) is 17. The van der Waals surface area contributed by atoms with Crippen LogP contribution in [0.5, 0.6) is 0 Å². The maximum Gasteiger partial charge on any atom is 0.307 e. The minimum atomic E-state index is -0.736. The lowest BCUT2D eigenvalue weighted by atomic mass is 9.98. The number of nitrogens with one attached hydrogen (secondary N) is 2. The van der Waals surface area contributed by atoms with Crippen LogP contribution in [0.25, 0.3) is 20.9 Å². The number of azide groups is 2. The van der Waals surface area contributed by atoms with Gasteiger partial charge in [-0.15, -0.1) is 38.1 Å².